The molecule has 2 aromatic heterocycles. The molecule has 0 bridgehead atoms. The number of carbonyl (C=O) groups is 1. The number of ether oxygens (including phenoxy) is 2. The van der Waals surface area contributed by atoms with E-state index in [1.54, 1.807) is 6.07 Å². The van der Waals surface area contributed by atoms with Gasteiger partial charge in [-0.25, -0.2) is 4.98 Å². The first kappa shape index (κ1) is 17.5. The highest BCUT2D eigenvalue weighted by molar-refractivity contribution is 5.95. The number of benzene rings is 1. The molecule has 6 nitrogen and oxygen atoms in total. The monoisotopic (exact) mass is 365 g/mol. The molecule has 0 saturated carbocycles. The lowest BCUT2D eigenvalue weighted by Crippen LogP contribution is -2.55. The maximum absolute atomic E-state index is 13.0. The fraction of sp³-hybridized carbons (Fsp3) is 0.333. The summed E-state index contributed by atoms with van der Waals surface area (Å²) < 4.78 is 13.3. The molecule has 4 rings (SSSR count). The number of rotatable bonds is 4. The molecule has 1 saturated heterocycles. The molecule has 0 aliphatic carbocycles. The molecule has 6 heteroatoms. The van der Waals surface area contributed by atoms with Gasteiger partial charge in [-0.15, -0.1) is 0 Å². The molecule has 0 unspecified atom stereocenters. The summed E-state index contributed by atoms with van der Waals surface area (Å²) in [6.07, 6.45) is 3.90. The molecule has 3 aromatic rings. The first-order valence-electron chi connectivity index (χ1n) is 9.08. The Labute approximate surface area is 158 Å². The molecule has 140 valence electrons. The Morgan fingerprint density at radius 2 is 2.15 bits per heavy atom. The fourth-order valence-electron chi connectivity index (χ4n) is 3.32. The number of hydrogen-bond acceptors (Lipinski definition) is 4. The van der Waals surface area contributed by atoms with Gasteiger partial charge in [0.05, 0.1) is 24.4 Å². The Morgan fingerprint density at radius 3 is 2.96 bits per heavy atom. The number of amides is 1. The van der Waals surface area contributed by atoms with Gasteiger partial charge in [0.1, 0.15) is 18.0 Å². The van der Waals surface area contributed by atoms with Crippen molar-refractivity contribution in [3.05, 3.63) is 66.1 Å². The minimum Gasteiger partial charge on any atom is -0.487 e. The van der Waals surface area contributed by atoms with Crippen molar-refractivity contribution < 1.29 is 14.3 Å². The predicted octanol–water partition coefficient (Wildman–Crippen LogP) is 3.16. The predicted molar refractivity (Wildman–Crippen MR) is 102 cm³/mol. The second-order valence-electron chi connectivity index (χ2n) is 7.34. The highest BCUT2D eigenvalue weighted by atomic mass is 16.5. The van der Waals surface area contributed by atoms with Crippen LogP contribution in [0.15, 0.2) is 54.9 Å². The van der Waals surface area contributed by atoms with Crippen LogP contribution in [0.1, 0.15) is 29.9 Å². The molecular weight excluding hydrogens is 342 g/mol. The average Bonchev–Trinajstić information content (AvgIpc) is 3.09. The first-order chi connectivity index (χ1) is 13.0. The normalized spacial score (nSPS) is 16.4. The van der Waals surface area contributed by atoms with Crippen LogP contribution >= 0.6 is 0 Å². The number of pyridine rings is 1. The second-order valence-corrected chi connectivity index (χ2v) is 7.34. The summed E-state index contributed by atoms with van der Waals surface area (Å²) >= 11 is 0. The Balaban J connectivity index is 1.48. The number of morpholine rings is 1. The molecule has 1 aliphatic heterocycles. The Hall–Kier alpha value is -2.86. The third-order valence-electron chi connectivity index (χ3n) is 4.77. The fourth-order valence-corrected chi connectivity index (χ4v) is 3.32. The van der Waals surface area contributed by atoms with Crippen molar-refractivity contribution in [1.82, 2.24) is 14.3 Å². The Kier molecular flexibility index (Phi) is 4.58. The van der Waals surface area contributed by atoms with Gasteiger partial charge >= 0.3 is 0 Å². The number of carbonyl (C=O) groups excluding carboxylic acids is 1. The summed E-state index contributed by atoms with van der Waals surface area (Å²) in [6.45, 7) is 6.10. The molecule has 0 N–H and O–H groups in total. The van der Waals surface area contributed by atoms with E-state index < -0.39 is 0 Å². The van der Waals surface area contributed by atoms with Crippen molar-refractivity contribution in [2.45, 2.75) is 26.0 Å². The maximum Gasteiger partial charge on any atom is 0.254 e. The molecular formula is C21H23N3O3. The zero-order valence-electron chi connectivity index (χ0n) is 15.6. The molecule has 3 heterocycles. The van der Waals surface area contributed by atoms with Crippen molar-refractivity contribution >= 4 is 11.6 Å². The largest absolute Gasteiger partial charge is 0.487 e. The van der Waals surface area contributed by atoms with Gasteiger partial charge in [0.2, 0.25) is 0 Å². The standard InChI is InChI=1S/C21H23N3O3/c1-21(2)15-26-11-10-24(21)20(25)16-6-5-7-18(12-16)27-14-17-13-23-9-4-3-8-19(23)22-17/h3-9,12-13H,10-11,14-15H2,1-2H3. The summed E-state index contributed by atoms with van der Waals surface area (Å²) in [4.78, 5) is 19.4. The third-order valence-corrected chi connectivity index (χ3v) is 4.77. The topological polar surface area (TPSA) is 56.1 Å². The van der Waals surface area contributed by atoms with Gasteiger partial charge in [-0.05, 0) is 44.2 Å². The van der Waals surface area contributed by atoms with E-state index in [1.807, 2.05) is 71.9 Å². The average molecular weight is 365 g/mol. The molecule has 1 aliphatic rings. The van der Waals surface area contributed by atoms with Crippen LogP contribution in [0.5, 0.6) is 5.75 Å². The number of nitrogens with zero attached hydrogens (tertiary/aromatic N) is 3. The van der Waals surface area contributed by atoms with Crippen LogP contribution in [-0.2, 0) is 11.3 Å². The van der Waals surface area contributed by atoms with Crippen LogP contribution in [-0.4, -0.2) is 45.5 Å². The van der Waals surface area contributed by atoms with E-state index in [4.69, 9.17) is 9.47 Å². The highest BCUT2D eigenvalue weighted by Crippen LogP contribution is 2.23. The maximum atomic E-state index is 13.0. The Bertz CT molecular complexity index is 931. The van der Waals surface area contributed by atoms with Gasteiger partial charge in [-0.1, -0.05) is 12.1 Å². The molecule has 1 aromatic carbocycles. The second kappa shape index (κ2) is 7.04. The lowest BCUT2D eigenvalue weighted by Gasteiger charge is -2.42. The smallest absolute Gasteiger partial charge is 0.254 e. The van der Waals surface area contributed by atoms with E-state index in [1.165, 1.54) is 0 Å². The summed E-state index contributed by atoms with van der Waals surface area (Å²) in [5, 5.41) is 0. The summed E-state index contributed by atoms with van der Waals surface area (Å²) in [7, 11) is 0. The molecule has 0 radical (unpaired) electrons. The number of aromatic nitrogens is 2. The summed E-state index contributed by atoms with van der Waals surface area (Å²) in [5.41, 5.74) is 2.03. The van der Waals surface area contributed by atoms with E-state index in [0.29, 0.717) is 37.7 Å². The summed E-state index contributed by atoms with van der Waals surface area (Å²) in [6, 6.07) is 13.2. The molecule has 0 atom stereocenters. The van der Waals surface area contributed by atoms with Gasteiger partial charge < -0.3 is 18.8 Å². The minimum atomic E-state index is -0.317. The number of fused-ring (bicyclic) bond motifs is 1. The zero-order chi connectivity index (χ0) is 18.9. The van der Waals surface area contributed by atoms with E-state index in [-0.39, 0.29) is 11.4 Å². The molecule has 27 heavy (non-hydrogen) atoms. The van der Waals surface area contributed by atoms with Crippen LogP contribution in [0.3, 0.4) is 0 Å². The minimum absolute atomic E-state index is 0.00137. The van der Waals surface area contributed by atoms with Crippen LogP contribution in [0.4, 0.5) is 0 Å². The molecule has 1 fully saturated rings. The number of hydrogen-bond donors (Lipinski definition) is 0. The zero-order valence-corrected chi connectivity index (χ0v) is 15.6. The van der Waals surface area contributed by atoms with Crippen LogP contribution in [0, 0.1) is 0 Å². The summed E-state index contributed by atoms with van der Waals surface area (Å²) in [5.74, 6) is 0.658. The van der Waals surface area contributed by atoms with Crippen molar-refractivity contribution in [3.63, 3.8) is 0 Å². The number of imidazole rings is 1. The van der Waals surface area contributed by atoms with E-state index in [9.17, 15) is 4.79 Å². The van der Waals surface area contributed by atoms with Crippen molar-refractivity contribution in [3.8, 4) is 5.75 Å². The van der Waals surface area contributed by atoms with Gasteiger partial charge in [0, 0.05) is 24.5 Å². The van der Waals surface area contributed by atoms with E-state index in [2.05, 4.69) is 4.98 Å². The van der Waals surface area contributed by atoms with Gasteiger partial charge in [0.15, 0.2) is 0 Å². The van der Waals surface area contributed by atoms with Crippen LogP contribution in [0.25, 0.3) is 5.65 Å². The quantitative estimate of drug-likeness (QED) is 0.713. The highest BCUT2D eigenvalue weighted by Gasteiger charge is 2.34. The lowest BCUT2D eigenvalue weighted by atomic mass is 10.0. The Morgan fingerprint density at radius 1 is 1.26 bits per heavy atom. The molecule has 1 amide bonds. The van der Waals surface area contributed by atoms with Crippen LogP contribution in [0.2, 0.25) is 0 Å². The molecule has 0 spiro atoms. The van der Waals surface area contributed by atoms with E-state index in [0.717, 1.165) is 11.3 Å². The third kappa shape index (κ3) is 3.66. The van der Waals surface area contributed by atoms with Gasteiger partial charge in [-0.2, -0.15) is 0 Å². The van der Waals surface area contributed by atoms with Gasteiger partial charge in [-0.3, -0.25) is 4.79 Å². The lowest BCUT2D eigenvalue weighted by molar-refractivity contribution is -0.0370. The van der Waals surface area contributed by atoms with Gasteiger partial charge in [0.25, 0.3) is 5.91 Å². The SMILES string of the molecule is CC1(C)COCCN1C(=O)c1cccc(OCc2cn3ccccc3n2)c1. The van der Waals surface area contributed by atoms with Crippen LogP contribution < -0.4 is 4.74 Å². The first-order valence-corrected chi connectivity index (χ1v) is 9.08. The van der Waals surface area contributed by atoms with Crippen molar-refractivity contribution in [2.75, 3.05) is 19.8 Å². The van der Waals surface area contributed by atoms with Crippen molar-refractivity contribution in [2.24, 2.45) is 0 Å². The van der Waals surface area contributed by atoms with E-state index >= 15 is 0 Å². The van der Waals surface area contributed by atoms with Crippen molar-refractivity contribution in [1.29, 1.82) is 0 Å².